The Balaban J connectivity index is 1.70. The first kappa shape index (κ1) is 17.4. The van der Waals surface area contributed by atoms with Crippen molar-refractivity contribution in [2.75, 3.05) is 19.6 Å². The molecule has 1 N–H and O–H groups in total. The van der Waals surface area contributed by atoms with Crippen LogP contribution in [0.4, 0.5) is 0 Å². The van der Waals surface area contributed by atoms with Crippen LogP contribution in [-0.4, -0.2) is 51.1 Å². The Morgan fingerprint density at radius 2 is 2.00 bits per heavy atom. The smallest absolute Gasteiger partial charge is 0.252 e. The zero-order valence-electron chi connectivity index (χ0n) is 15.1. The highest BCUT2D eigenvalue weighted by molar-refractivity contribution is 6.05. The number of hydrogen-bond donors (Lipinski definition) is 1. The molecule has 0 saturated carbocycles. The van der Waals surface area contributed by atoms with Crippen LogP contribution in [0.3, 0.4) is 0 Å². The topological polar surface area (TPSA) is 80.1 Å². The molecule has 2 amide bonds. The Labute approximate surface area is 147 Å². The zero-order valence-corrected chi connectivity index (χ0v) is 15.1. The Kier molecular flexibility index (Phi) is 5.01. The van der Waals surface area contributed by atoms with Crippen LogP contribution < -0.4 is 5.32 Å². The minimum atomic E-state index is -0.187. The summed E-state index contributed by atoms with van der Waals surface area (Å²) in [4.78, 5) is 31.0. The van der Waals surface area contributed by atoms with Gasteiger partial charge in [0.25, 0.3) is 5.91 Å². The molecule has 0 spiro atoms. The molecule has 1 fully saturated rings. The number of aromatic nitrogens is 3. The lowest BCUT2D eigenvalue weighted by molar-refractivity contribution is -0.129. The van der Waals surface area contributed by atoms with Gasteiger partial charge in [0, 0.05) is 37.8 Å². The number of pyridine rings is 1. The van der Waals surface area contributed by atoms with Crippen molar-refractivity contribution in [1.29, 1.82) is 0 Å². The third-order valence-electron chi connectivity index (χ3n) is 4.51. The number of nitrogens with zero attached hydrogens (tertiary/aromatic N) is 4. The van der Waals surface area contributed by atoms with E-state index in [-0.39, 0.29) is 17.9 Å². The standard InChI is InChI=1S/C18H25N5O2/c1-12(2)23-17-15(11-20-23)14(10-13(3)21-17)18(25)19-7-6-16(24)22-8-4-5-9-22/h10-12H,4-9H2,1-3H3,(H,19,25). The van der Waals surface area contributed by atoms with Crippen LogP contribution in [0.2, 0.25) is 0 Å². The van der Waals surface area contributed by atoms with Crippen molar-refractivity contribution >= 4 is 22.8 Å². The molecule has 25 heavy (non-hydrogen) atoms. The first-order valence-corrected chi connectivity index (χ1v) is 8.88. The van der Waals surface area contributed by atoms with Gasteiger partial charge in [-0.3, -0.25) is 9.59 Å². The Bertz CT molecular complexity index is 790. The van der Waals surface area contributed by atoms with Crippen LogP contribution >= 0.6 is 0 Å². The summed E-state index contributed by atoms with van der Waals surface area (Å²) in [5, 5.41) is 7.95. The lowest BCUT2D eigenvalue weighted by atomic mass is 10.1. The van der Waals surface area contributed by atoms with Crippen LogP contribution in [0.25, 0.3) is 11.0 Å². The number of carbonyl (C=O) groups is 2. The number of rotatable bonds is 5. The zero-order chi connectivity index (χ0) is 18.0. The molecule has 0 unspecified atom stereocenters. The highest BCUT2D eigenvalue weighted by atomic mass is 16.2. The number of hydrogen-bond acceptors (Lipinski definition) is 4. The van der Waals surface area contributed by atoms with Crippen LogP contribution in [0.5, 0.6) is 0 Å². The van der Waals surface area contributed by atoms with Gasteiger partial charge in [-0.15, -0.1) is 0 Å². The quantitative estimate of drug-likeness (QED) is 0.901. The lowest BCUT2D eigenvalue weighted by Crippen LogP contribution is -2.32. The maximum atomic E-state index is 12.6. The normalized spacial score (nSPS) is 14.5. The SMILES string of the molecule is Cc1cc(C(=O)NCCC(=O)N2CCCC2)c2cnn(C(C)C)c2n1. The fourth-order valence-electron chi connectivity index (χ4n) is 3.21. The predicted molar refractivity (Wildman–Crippen MR) is 95.4 cm³/mol. The molecule has 1 aliphatic heterocycles. The van der Waals surface area contributed by atoms with Gasteiger partial charge in [0.1, 0.15) is 0 Å². The van der Waals surface area contributed by atoms with Crippen LogP contribution in [0, 0.1) is 6.92 Å². The van der Waals surface area contributed by atoms with Crippen LogP contribution in [0.1, 0.15) is 55.2 Å². The van der Waals surface area contributed by atoms with E-state index in [1.165, 1.54) is 0 Å². The van der Waals surface area contributed by atoms with E-state index in [2.05, 4.69) is 15.4 Å². The number of carbonyl (C=O) groups excluding carboxylic acids is 2. The molecule has 0 radical (unpaired) electrons. The third kappa shape index (κ3) is 3.65. The van der Waals surface area contributed by atoms with Gasteiger partial charge in [0.15, 0.2) is 5.65 Å². The van der Waals surface area contributed by atoms with Crippen molar-refractivity contribution in [3.8, 4) is 0 Å². The maximum absolute atomic E-state index is 12.6. The van der Waals surface area contributed by atoms with E-state index >= 15 is 0 Å². The van der Waals surface area contributed by atoms with Crippen molar-refractivity contribution in [2.24, 2.45) is 0 Å². The molecule has 0 aromatic carbocycles. The van der Waals surface area contributed by atoms with Gasteiger partial charge in [0.2, 0.25) is 5.91 Å². The van der Waals surface area contributed by atoms with Gasteiger partial charge in [-0.25, -0.2) is 9.67 Å². The van der Waals surface area contributed by atoms with Crippen molar-refractivity contribution in [3.63, 3.8) is 0 Å². The van der Waals surface area contributed by atoms with Gasteiger partial charge in [0.05, 0.1) is 17.1 Å². The van der Waals surface area contributed by atoms with E-state index in [0.29, 0.717) is 24.2 Å². The van der Waals surface area contributed by atoms with Crippen molar-refractivity contribution in [1.82, 2.24) is 25.0 Å². The second-order valence-electron chi connectivity index (χ2n) is 6.83. The molecule has 0 bridgehead atoms. The first-order chi connectivity index (χ1) is 12.0. The molecule has 3 heterocycles. The van der Waals surface area contributed by atoms with Crippen LogP contribution in [-0.2, 0) is 4.79 Å². The molecule has 0 atom stereocenters. The molecule has 1 aliphatic rings. The second-order valence-corrected chi connectivity index (χ2v) is 6.83. The summed E-state index contributed by atoms with van der Waals surface area (Å²) in [7, 11) is 0. The van der Waals surface area contributed by atoms with Crippen molar-refractivity contribution in [2.45, 2.75) is 46.1 Å². The Morgan fingerprint density at radius 1 is 1.28 bits per heavy atom. The number of nitrogens with one attached hydrogen (secondary N) is 1. The van der Waals surface area contributed by atoms with E-state index in [1.807, 2.05) is 30.4 Å². The summed E-state index contributed by atoms with van der Waals surface area (Å²) in [5.74, 6) is -0.0745. The van der Waals surface area contributed by atoms with E-state index in [0.717, 1.165) is 37.0 Å². The van der Waals surface area contributed by atoms with E-state index in [9.17, 15) is 9.59 Å². The van der Waals surface area contributed by atoms with Gasteiger partial charge >= 0.3 is 0 Å². The average molecular weight is 343 g/mol. The van der Waals surface area contributed by atoms with Gasteiger partial charge in [-0.2, -0.15) is 5.10 Å². The third-order valence-corrected chi connectivity index (χ3v) is 4.51. The molecule has 7 heteroatoms. The molecular formula is C18H25N5O2. The molecule has 7 nitrogen and oxygen atoms in total. The molecule has 3 rings (SSSR count). The fourth-order valence-corrected chi connectivity index (χ4v) is 3.21. The maximum Gasteiger partial charge on any atom is 0.252 e. The summed E-state index contributed by atoms with van der Waals surface area (Å²) >= 11 is 0. The summed E-state index contributed by atoms with van der Waals surface area (Å²) < 4.78 is 1.82. The summed E-state index contributed by atoms with van der Waals surface area (Å²) in [5.41, 5.74) is 2.05. The first-order valence-electron chi connectivity index (χ1n) is 8.88. The predicted octanol–water partition coefficient (Wildman–Crippen LogP) is 2.06. The highest BCUT2D eigenvalue weighted by Crippen LogP contribution is 2.21. The molecule has 134 valence electrons. The number of likely N-dealkylation sites (tertiary alicyclic amines) is 1. The van der Waals surface area contributed by atoms with E-state index in [4.69, 9.17) is 0 Å². The monoisotopic (exact) mass is 343 g/mol. The van der Waals surface area contributed by atoms with Crippen molar-refractivity contribution in [3.05, 3.63) is 23.5 Å². The minimum Gasteiger partial charge on any atom is -0.351 e. The molecule has 2 aromatic rings. The fraction of sp³-hybridized carbons (Fsp3) is 0.556. The summed E-state index contributed by atoms with van der Waals surface area (Å²) in [6.45, 7) is 7.94. The molecular weight excluding hydrogens is 318 g/mol. The van der Waals surface area contributed by atoms with Gasteiger partial charge in [-0.1, -0.05) is 0 Å². The minimum absolute atomic E-state index is 0.112. The largest absolute Gasteiger partial charge is 0.351 e. The molecule has 1 saturated heterocycles. The summed E-state index contributed by atoms with van der Waals surface area (Å²) in [6.07, 6.45) is 4.18. The Hall–Kier alpha value is -2.44. The summed E-state index contributed by atoms with van der Waals surface area (Å²) in [6, 6.07) is 1.94. The number of amides is 2. The molecule has 2 aromatic heterocycles. The second kappa shape index (κ2) is 7.21. The van der Waals surface area contributed by atoms with Crippen LogP contribution in [0.15, 0.2) is 12.3 Å². The number of aryl methyl sites for hydroxylation is 1. The van der Waals surface area contributed by atoms with Gasteiger partial charge in [-0.05, 0) is 39.7 Å². The van der Waals surface area contributed by atoms with E-state index < -0.39 is 0 Å². The number of fused-ring (bicyclic) bond motifs is 1. The van der Waals surface area contributed by atoms with Crippen molar-refractivity contribution < 1.29 is 9.59 Å². The van der Waals surface area contributed by atoms with Gasteiger partial charge < -0.3 is 10.2 Å². The average Bonchev–Trinajstić information content (AvgIpc) is 3.23. The molecule has 0 aliphatic carbocycles. The Morgan fingerprint density at radius 3 is 2.68 bits per heavy atom. The highest BCUT2D eigenvalue weighted by Gasteiger charge is 2.19. The van der Waals surface area contributed by atoms with E-state index in [1.54, 1.807) is 12.3 Å². The lowest BCUT2D eigenvalue weighted by Gasteiger charge is -2.15.